The minimum Gasteiger partial charge on any atom is -0.491 e. The van der Waals surface area contributed by atoms with Crippen LogP contribution in [0, 0.1) is 10.1 Å². The number of nitrogens with zero attached hydrogens (tertiary/aromatic N) is 2. The summed E-state index contributed by atoms with van der Waals surface area (Å²) < 4.78 is 16.0. The van der Waals surface area contributed by atoms with Crippen LogP contribution < -0.4 is 4.74 Å². The molecule has 0 aliphatic carbocycles. The van der Waals surface area contributed by atoms with E-state index in [-0.39, 0.29) is 30.0 Å². The highest BCUT2D eigenvalue weighted by Crippen LogP contribution is 2.43. The molecule has 0 amide bonds. The summed E-state index contributed by atoms with van der Waals surface area (Å²) in [6.45, 7) is 3.29. The van der Waals surface area contributed by atoms with Crippen molar-refractivity contribution in [1.82, 2.24) is 4.90 Å². The Morgan fingerprint density at radius 3 is 2.15 bits per heavy atom. The second kappa shape index (κ2) is 12.0. The highest BCUT2D eigenvalue weighted by atomic mass is 16.6. The zero-order chi connectivity index (χ0) is 29.0. The molecule has 1 heterocycles. The van der Waals surface area contributed by atoms with Gasteiger partial charge in [-0.1, -0.05) is 42.5 Å². The zero-order valence-electron chi connectivity index (χ0n) is 22.6. The number of non-ortho nitro benzene ring substituents is 1. The largest absolute Gasteiger partial charge is 0.491 e. The minimum absolute atomic E-state index is 0.00606. The molecule has 4 rings (SSSR count). The second-order valence-electron chi connectivity index (χ2n) is 9.35. The van der Waals surface area contributed by atoms with E-state index in [2.05, 4.69) is 0 Å². The number of benzene rings is 3. The maximum absolute atomic E-state index is 13.1. The van der Waals surface area contributed by atoms with E-state index < -0.39 is 28.9 Å². The molecule has 0 spiro atoms. The quantitative estimate of drug-likeness (QED) is 0.235. The summed E-state index contributed by atoms with van der Waals surface area (Å²) in [6, 6.07) is 19.2. The molecule has 208 valence electrons. The lowest BCUT2D eigenvalue weighted by Crippen LogP contribution is -2.40. The Labute approximate surface area is 231 Å². The molecule has 0 aromatic heterocycles. The van der Waals surface area contributed by atoms with Gasteiger partial charge in [0.15, 0.2) is 0 Å². The van der Waals surface area contributed by atoms with Gasteiger partial charge in [0, 0.05) is 23.5 Å². The first-order chi connectivity index (χ1) is 19.2. The maximum Gasteiger partial charge on any atom is 0.336 e. The van der Waals surface area contributed by atoms with E-state index in [1.807, 2.05) is 42.5 Å². The van der Waals surface area contributed by atoms with Crippen molar-refractivity contribution in [1.29, 1.82) is 0 Å². The van der Waals surface area contributed by atoms with Crippen LogP contribution >= 0.6 is 0 Å². The lowest BCUT2D eigenvalue weighted by molar-refractivity contribution is -0.384. The monoisotopic (exact) mass is 546 g/mol. The first kappa shape index (κ1) is 28.3. The van der Waals surface area contributed by atoms with Crippen LogP contribution in [0.1, 0.15) is 25.3 Å². The van der Waals surface area contributed by atoms with Gasteiger partial charge in [0.2, 0.25) is 0 Å². The van der Waals surface area contributed by atoms with Gasteiger partial charge in [-0.2, -0.15) is 0 Å². The summed E-state index contributed by atoms with van der Waals surface area (Å²) >= 11 is 0. The summed E-state index contributed by atoms with van der Waals surface area (Å²) in [6.07, 6.45) is -1.01. The maximum atomic E-state index is 13.1. The van der Waals surface area contributed by atoms with Gasteiger partial charge in [0.05, 0.1) is 42.8 Å². The molecule has 0 bridgehead atoms. The molecule has 3 aromatic carbocycles. The summed E-state index contributed by atoms with van der Waals surface area (Å²) in [5.74, 6) is -1.82. The van der Waals surface area contributed by atoms with E-state index in [4.69, 9.17) is 14.2 Å². The average molecular weight is 547 g/mol. The number of hydrogen-bond donors (Lipinski definition) is 1. The fourth-order valence-corrected chi connectivity index (χ4v) is 4.99. The number of ether oxygens (including phenoxy) is 3. The Bertz CT molecular complexity index is 1490. The Kier molecular flexibility index (Phi) is 8.49. The number of aliphatic hydroxyl groups is 1. The van der Waals surface area contributed by atoms with Gasteiger partial charge in [-0.3, -0.25) is 10.1 Å². The number of methoxy groups -OCH3 is 2. The topological polar surface area (TPSA) is 128 Å². The van der Waals surface area contributed by atoms with E-state index in [0.717, 1.165) is 10.8 Å². The van der Waals surface area contributed by atoms with Crippen LogP contribution in [0.25, 0.3) is 10.8 Å². The fourth-order valence-electron chi connectivity index (χ4n) is 4.99. The van der Waals surface area contributed by atoms with E-state index >= 15 is 0 Å². The first-order valence-electron chi connectivity index (χ1n) is 12.6. The molecule has 0 saturated heterocycles. The van der Waals surface area contributed by atoms with E-state index in [1.54, 1.807) is 24.8 Å². The zero-order valence-corrected chi connectivity index (χ0v) is 22.6. The molecule has 1 N–H and O–H groups in total. The number of hydrogen-bond acceptors (Lipinski definition) is 9. The van der Waals surface area contributed by atoms with Gasteiger partial charge in [-0.05, 0) is 42.3 Å². The molecule has 10 nitrogen and oxygen atoms in total. The first-order valence-corrected chi connectivity index (χ1v) is 12.6. The molecule has 1 aliphatic rings. The molecule has 0 fully saturated rings. The van der Waals surface area contributed by atoms with Gasteiger partial charge < -0.3 is 24.2 Å². The Hall–Kier alpha value is -4.70. The molecule has 40 heavy (non-hydrogen) atoms. The molecule has 1 atom stereocenters. The number of rotatable bonds is 9. The molecular formula is C30H30N2O8. The number of carbonyl (C=O) groups excluding carboxylic acids is 2. The lowest BCUT2D eigenvalue weighted by atomic mass is 9.79. The van der Waals surface area contributed by atoms with Crippen LogP contribution in [0.4, 0.5) is 5.69 Å². The summed E-state index contributed by atoms with van der Waals surface area (Å²) in [5, 5.41) is 24.5. The number of β-amino-alcohol motifs (C(OH)–C–C–N with tert-alkyl or cyclic N) is 1. The number of fused-ring (bicyclic) bond motifs is 1. The number of carbonyl (C=O) groups is 2. The number of aliphatic hydroxyl groups excluding tert-OH is 1. The van der Waals surface area contributed by atoms with Gasteiger partial charge in [-0.25, -0.2) is 9.59 Å². The van der Waals surface area contributed by atoms with Gasteiger partial charge in [-0.15, -0.1) is 0 Å². The third kappa shape index (κ3) is 5.67. The molecule has 1 unspecified atom stereocenters. The van der Waals surface area contributed by atoms with E-state index in [0.29, 0.717) is 22.7 Å². The Morgan fingerprint density at radius 2 is 1.55 bits per heavy atom. The fraction of sp³-hybridized carbons (Fsp3) is 0.267. The predicted molar refractivity (Wildman–Crippen MR) is 147 cm³/mol. The molecule has 0 saturated carbocycles. The Morgan fingerprint density at radius 1 is 0.925 bits per heavy atom. The van der Waals surface area contributed by atoms with Crippen molar-refractivity contribution in [3.8, 4) is 5.75 Å². The third-order valence-corrected chi connectivity index (χ3v) is 6.95. The lowest BCUT2D eigenvalue weighted by Gasteiger charge is -2.38. The normalized spacial score (nSPS) is 14.8. The van der Waals surface area contributed by atoms with Crippen LogP contribution in [-0.4, -0.2) is 60.3 Å². The summed E-state index contributed by atoms with van der Waals surface area (Å²) in [5.41, 5.74) is 1.24. The van der Waals surface area contributed by atoms with Gasteiger partial charge >= 0.3 is 11.9 Å². The summed E-state index contributed by atoms with van der Waals surface area (Å²) in [4.78, 5) is 38.7. The Balaban J connectivity index is 1.68. The number of nitro benzene ring substituents is 1. The summed E-state index contributed by atoms with van der Waals surface area (Å²) in [7, 11) is 2.43. The molecule has 1 aliphatic heterocycles. The SMILES string of the molecule is COC(=O)C1=C(C)N(CC(O)COc2ccc3ccccc3c2)C(C)=C(C(=O)OC)C1c1cccc([N+](=O)[O-])c1. The number of allylic oxidation sites excluding steroid dienone is 2. The smallest absolute Gasteiger partial charge is 0.336 e. The number of nitro groups is 1. The van der Waals surface area contributed by atoms with Crippen molar-refractivity contribution in [3.05, 3.63) is 105 Å². The molecule has 0 radical (unpaired) electrons. The standard InChI is InChI=1S/C30H30N2O8/c1-18-26(29(34)38-3)28(22-10-7-11-23(14-22)32(36)37)27(30(35)39-4)19(2)31(18)16-24(33)17-40-25-13-12-20-8-5-6-9-21(20)15-25/h5-15,24,28,33H,16-17H2,1-4H3. The van der Waals surface area contributed by atoms with Crippen molar-refractivity contribution in [2.24, 2.45) is 0 Å². The van der Waals surface area contributed by atoms with Crippen LogP contribution in [0.3, 0.4) is 0 Å². The number of esters is 2. The van der Waals surface area contributed by atoms with Crippen LogP contribution in [-0.2, 0) is 19.1 Å². The van der Waals surface area contributed by atoms with Crippen molar-refractivity contribution < 1.29 is 33.8 Å². The van der Waals surface area contributed by atoms with Crippen LogP contribution in [0.15, 0.2) is 89.3 Å². The van der Waals surface area contributed by atoms with Crippen molar-refractivity contribution in [2.45, 2.75) is 25.9 Å². The van der Waals surface area contributed by atoms with Crippen molar-refractivity contribution in [3.63, 3.8) is 0 Å². The van der Waals surface area contributed by atoms with Gasteiger partial charge in [0.25, 0.3) is 5.69 Å². The predicted octanol–water partition coefficient (Wildman–Crippen LogP) is 4.48. The van der Waals surface area contributed by atoms with Crippen LogP contribution in [0.5, 0.6) is 5.75 Å². The average Bonchev–Trinajstić information content (AvgIpc) is 2.97. The third-order valence-electron chi connectivity index (χ3n) is 6.95. The second-order valence-corrected chi connectivity index (χ2v) is 9.35. The molecule has 10 heteroatoms. The van der Waals surface area contributed by atoms with Crippen molar-refractivity contribution >= 4 is 28.4 Å². The highest BCUT2D eigenvalue weighted by molar-refractivity contribution is 5.99. The van der Waals surface area contributed by atoms with Crippen molar-refractivity contribution in [2.75, 3.05) is 27.4 Å². The highest BCUT2D eigenvalue weighted by Gasteiger charge is 2.41. The van der Waals surface area contributed by atoms with Crippen LogP contribution in [0.2, 0.25) is 0 Å². The van der Waals surface area contributed by atoms with E-state index in [1.165, 1.54) is 32.4 Å². The van der Waals surface area contributed by atoms with E-state index in [9.17, 15) is 24.8 Å². The minimum atomic E-state index is -1.01. The van der Waals surface area contributed by atoms with Gasteiger partial charge in [0.1, 0.15) is 18.5 Å². The molecule has 3 aromatic rings. The molecular weight excluding hydrogens is 516 g/mol.